The van der Waals surface area contributed by atoms with Gasteiger partial charge in [-0.15, -0.1) is 11.3 Å². The van der Waals surface area contributed by atoms with Crippen molar-refractivity contribution in [1.82, 2.24) is 4.98 Å². The maximum absolute atomic E-state index is 11.6. The Kier molecular flexibility index (Phi) is 5.03. The summed E-state index contributed by atoms with van der Waals surface area (Å²) in [7, 11) is 1.21. The van der Waals surface area contributed by atoms with E-state index in [0.717, 1.165) is 11.3 Å². The third kappa shape index (κ3) is 3.44. The highest BCUT2D eigenvalue weighted by Gasteiger charge is 2.36. The van der Waals surface area contributed by atoms with E-state index in [0.29, 0.717) is 0 Å². The number of aliphatic carboxylic acids is 1. The van der Waals surface area contributed by atoms with Gasteiger partial charge in [0, 0.05) is 5.38 Å². The van der Waals surface area contributed by atoms with Crippen molar-refractivity contribution < 1.29 is 24.3 Å². The average Bonchev–Trinajstić information content (AvgIpc) is 2.83. The normalized spacial score (nSPS) is 14.4. The summed E-state index contributed by atoms with van der Waals surface area (Å²) in [4.78, 5) is 31.6. The van der Waals surface area contributed by atoms with Gasteiger partial charge in [0.15, 0.2) is 5.13 Å². The van der Waals surface area contributed by atoms with E-state index in [-0.39, 0.29) is 17.2 Å². The summed E-state index contributed by atoms with van der Waals surface area (Å²) in [5, 5.41) is 14.3. The van der Waals surface area contributed by atoms with Crippen molar-refractivity contribution in [1.29, 1.82) is 0 Å². The molecule has 8 nitrogen and oxygen atoms in total. The zero-order valence-electron chi connectivity index (χ0n) is 11.2. The number of thiazole rings is 1. The molecule has 1 aromatic heterocycles. The minimum atomic E-state index is -1.36. The third-order valence-electron chi connectivity index (χ3n) is 2.60. The maximum atomic E-state index is 11.6. The Bertz CT molecular complexity index is 542. The van der Waals surface area contributed by atoms with Crippen molar-refractivity contribution in [3.63, 3.8) is 0 Å². The Balaban J connectivity index is 3.04. The van der Waals surface area contributed by atoms with Gasteiger partial charge in [-0.2, -0.15) is 0 Å². The van der Waals surface area contributed by atoms with E-state index < -0.39 is 23.3 Å². The van der Waals surface area contributed by atoms with Crippen LogP contribution in [0.2, 0.25) is 0 Å². The number of nitrogens with two attached hydrogens (primary N) is 1. The molecule has 0 aliphatic rings. The number of ether oxygens (including phenoxy) is 1. The van der Waals surface area contributed by atoms with Crippen LogP contribution in [0.25, 0.3) is 0 Å². The Morgan fingerprint density at radius 3 is 2.65 bits per heavy atom. The van der Waals surface area contributed by atoms with Crippen LogP contribution in [0.15, 0.2) is 10.5 Å². The number of carbonyl (C=O) groups excluding carboxylic acids is 1. The topological polar surface area (TPSA) is 124 Å². The molecule has 9 heteroatoms. The molecule has 0 fully saturated rings. The molecule has 0 aliphatic carbocycles. The van der Waals surface area contributed by atoms with Gasteiger partial charge in [-0.25, -0.2) is 14.6 Å². The lowest BCUT2D eigenvalue weighted by Crippen LogP contribution is -2.38. The summed E-state index contributed by atoms with van der Waals surface area (Å²) in [6, 6.07) is 0. The zero-order chi connectivity index (χ0) is 15.3. The molecule has 0 saturated heterocycles. The Labute approximate surface area is 119 Å². The van der Waals surface area contributed by atoms with Gasteiger partial charge in [0.25, 0.3) is 0 Å². The largest absolute Gasteiger partial charge is 0.476 e. The van der Waals surface area contributed by atoms with E-state index in [9.17, 15) is 9.59 Å². The van der Waals surface area contributed by atoms with Gasteiger partial charge in [0.1, 0.15) is 5.69 Å². The van der Waals surface area contributed by atoms with Crippen molar-refractivity contribution in [2.75, 3.05) is 12.8 Å². The molecular formula is C11H15N3O5S. The zero-order valence-corrected chi connectivity index (χ0v) is 12.1. The summed E-state index contributed by atoms with van der Waals surface area (Å²) in [5.74, 6) is -1.98. The van der Waals surface area contributed by atoms with Crippen LogP contribution in [0.4, 0.5) is 5.13 Å². The van der Waals surface area contributed by atoms with Gasteiger partial charge in [-0.1, -0.05) is 12.1 Å². The summed E-state index contributed by atoms with van der Waals surface area (Å²) >= 11 is 1.08. The lowest BCUT2D eigenvalue weighted by molar-refractivity contribution is -0.168. The van der Waals surface area contributed by atoms with Crippen molar-refractivity contribution >= 4 is 34.1 Å². The van der Waals surface area contributed by atoms with Crippen LogP contribution in [0.5, 0.6) is 0 Å². The maximum Gasteiger partial charge on any atom is 0.360 e. The van der Waals surface area contributed by atoms with Crippen LogP contribution >= 0.6 is 11.3 Å². The van der Waals surface area contributed by atoms with Crippen molar-refractivity contribution in [2.45, 2.75) is 25.9 Å². The number of esters is 1. The number of hydrogen-bond donors (Lipinski definition) is 2. The SMILES string of the molecule is CCC(C)(ON=C(C(=O)O)c1csc(N)n1)C(=O)OC. The first-order valence-corrected chi connectivity index (χ1v) is 6.51. The molecule has 20 heavy (non-hydrogen) atoms. The molecule has 3 N–H and O–H groups in total. The number of aromatic nitrogens is 1. The number of carboxylic acid groups (broad SMARTS) is 1. The molecule has 0 amide bonds. The fourth-order valence-corrected chi connectivity index (χ4v) is 1.75. The average molecular weight is 301 g/mol. The van der Waals surface area contributed by atoms with Crippen LogP contribution in [0.1, 0.15) is 26.0 Å². The minimum absolute atomic E-state index is 0.0725. The molecule has 0 bridgehead atoms. The second kappa shape index (κ2) is 6.33. The van der Waals surface area contributed by atoms with E-state index in [4.69, 9.17) is 15.7 Å². The van der Waals surface area contributed by atoms with Gasteiger partial charge in [-0.05, 0) is 13.3 Å². The highest BCUT2D eigenvalue weighted by atomic mass is 32.1. The van der Waals surface area contributed by atoms with Gasteiger partial charge >= 0.3 is 11.9 Å². The summed E-state index contributed by atoms with van der Waals surface area (Å²) in [6.07, 6.45) is 0.259. The predicted molar refractivity (Wildman–Crippen MR) is 72.5 cm³/mol. The molecular weight excluding hydrogens is 286 g/mol. The van der Waals surface area contributed by atoms with Crippen LogP contribution < -0.4 is 5.73 Å². The lowest BCUT2D eigenvalue weighted by atomic mass is 10.0. The Morgan fingerprint density at radius 1 is 1.60 bits per heavy atom. The molecule has 0 spiro atoms. The molecule has 0 aliphatic heterocycles. The van der Waals surface area contributed by atoms with Crippen LogP contribution in [-0.2, 0) is 19.2 Å². The van der Waals surface area contributed by atoms with Crippen molar-refractivity contribution in [2.24, 2.45) is 5.16 Å². The smallest absolute Gasteiger partial charge is 0.360 e. The highest BCUT2D eigenvalue weighted by molar-refractivity contribution is 7.13. The second-order valence-corrected chi connectivity index (χ2v) is 4.87. The number of oxime groups is 1. The summed E-state index contributed by atoms with van der Waals surface area (Å²) in [5.41, 5.74) is 3.72. The standard InChI is InChI=1S/C11H15N3O5S/c1-4-11(2,9(17)18-3)19-14-7(8(15)16)6-5-20-10(12)13-6/h5H,4H2,1-3H3,(H2,12,13)(H,15,16). The lowest BCUT2D eigenvalue weighted by Gasteiger charge is -2.22. The number of carbonyl (C=O) groups is 2. The summed E-state index contributed by atoms with van der Waals surface area (Å²) < 4.78 is 4.59. The number of nitrogens with zero attached hydrogens (tertiary/aromatic N) is 2. The van der Waals surface area contributed by atoms with E-state index in [1.54, 1.807) is 6.92 Å². The molecule has 1 heterocycles. The number of rotatable bonds is 6. The fourth-order valence-electron chi connectivity index (χ4n) is 1.20. The van der Waals surface area contributed by atoms with Gasteiger partial charge < -0.3 is 20.4 Å². The van der Waals surface area contributed by atoms with E-state index >= 15 is 0 Å². The second-order valence-electron chi connectivity index (χ2n) is 3.98. The van der Waals surface area contributed by atoms with Crippen LogP contribution in [0, 0.1) is 0 Å². The van der Waals surface area contributed by atoms with Crippen LogP contribution in [-0.4, -0.2) is 40.5 Å². The summed E-state index contributed by atoms with van der Waals surface area (Å²) in [6.45, 7) is 3.14. The van der Waals surface area contributed by atoms with Gasteiger partial charge in [-0.3, -0.25) is 0 Å². The number of anilines is 1. The number of nitrogen functional groups attached to an aromatic ring is 1. The monoisotopic (exact) mass is 301 g/mol. The number of carboxylic acids is 1. The predicted octanol–water partition coefficient (Wildman–Crippen LogP) is 0.872. The van der Waals surface area contributed by atoms with Crippen molar-refractivity contribution in [3.8, 4) is 0 Å². The molecule has 1 atom stereocenters. The third-order valence-corrected chi connectivity index (χ3v) is 3.27. The first-order chi connectivity index (χ1) is 9.34. The van der Waals surface area contributed by atoms with Gasteiger partial charge in [0.2, 0.25) is 11.3 Å². The quantitative estimate of drug-likeness (QED) is 0.454. The molecule has 1 unspecified atom stereocenters. The van der Waals surface area contributed by atoms with Crippen LogP contribution in [0.3, 0.4) is 0 Å². The first kappa shape index (κ1) is 15.9. The van der Waals surface area contributed by atoms with E-state index in [2.05, 4.69) is 14.9 Å². The molecule has 110 valence electrons. The number of methoxy groups -OCH3 is 1. The van der Waals surface area contributed by atoms with Gasteiger partial charge in [0.05, 0.1) is 7.11 Å². The van der Waals surface area contributed by atoms with E-state index in [1.807, 2.05) is 0 Å². The first-order valence-electron chi connectivity index (χ1n) is 5.63. The molecule has 0 saturated carbocycles. The highest BCUT2D eigenvalue weighted by Crippen LogP contribution is 2.19. The van der Waals surface area contributed by atoms with Crippen molar-refractivity contribution in [3.05, 3.63) is 11.1 Å². The Morgan fingerprint density at radius 2 is 2.25 bits per heavy atom. The minimum Gasteiger partial charge on any atom is -0.476 e. The fraction of sp³-hybridized carbons (Fsp3) is 0.455. The molecule has 1 rings (SSSR count). The Hall–Kier alpha value is -2.16. The van der Waals surface area contributed by atoms with E-state index in [1.165, 1.54) is 19.4 Å². The molecule has 1 aromatic rings. The molecule has 0 aromatic carbocycles. The molecule has 0 radical (unpaired) electrons. The number of hydrogen-bond acceptors (Lipinski definition) is 8.